The van der Waals surface area contributed by atoms with Crippen LogP contribution in [0.3, 0.4) is 0 Å². The third-order valence-corrected chi connectivity index (χ3v) is 24.9. The molecule has 0 aliphatic carbocycles. The number of amides is 2. The molecule has 744 valence electrons. The van der Waals surface area contributed by atoms with Gasteiger partial charge in [0.15, 0.2) is 69.0 Å². The van der Waals surface area contributed by atoms with Gasteiger partial charge in [-0.25, -0.2) is 14.6 Å². The molecular weight excluding hydrogens is 1870 g/mol. The van der Waals surface area contributed by atoms with Crippen LogP contribution in [0.15, 0.2) is 146 Å². The Bertz CT molecular complexity index is 5410. The zero-order chi connectivity index (χ0) is 98.1. The van der Waals surface area contributed by atoms with Gasteiger partial charge in [0.1, 0.15) is 5.15 Å². The maximum Gasteiger partial charge on any atom is 1.00 e. The quantitative estimate of drug-likeness (QED) is 0.0150. The van der Waals surface area contributed by atoms with Crippen LogP contribution < -0.4 is 91.7 Å². The maximum absolute atomic E-state index is 12.4. The van der Waals surface area contributed by atoms with Crippen LogP contribution in [0.25, 0.3) is 0 Å². The fourth-order valence-electron chi connectivity index (χ4n) is 16.4. The Labute approximate surface area is 847 Å². The number of carboxylic acids is 1. The molecule has 4 fully saturated rings. The van der Waals surface area contributed by atoms with Gasteiger partial charge in [0, 0.05) is 81.5 Å². The summed E-state index contributed by atoms with van der Waals surface area (Å²) >= 11 is 16.1. The van der Waals surface area contributed by atoms with Gasteiger partial charge in [0.25, 0.3) is 0 Å². The van der Waals surface area contributed by atoms with E-state index in [1.54, 1.807) is 56.1 Å². The molecule has 6 atom stereocenters. The minimum Gasteiger partial charge on any atom is -0.870 e. The van der Waals surface area contributed by atoms with Gasteiger partial charge in [-0.2, -0.15) is 0 Å². The third-order valence-electron chi connectivity index (χ3n) is 24.0. The maximum atomic E-state index is 12.4. The van der Waals surface area contributed by atoms with Crippen molar-refractivity contribution in [3.05, 3.63) is 201 Å². The summed E-state index contributed by atoms with van der Waals surface area (Å²) in [6.07, 6.45) is 12.4. The van der Waals surface area contributed by atoms with Crippen molar-refractivity contribution in [2.45, 2.75) is 201 Å². The van der Waals surface area contributed by atoms with Crippen LogP contribution in [-0.4, -0.2) is 201 Å². The Morgan fingerprint density at radius 3 is 1.22 bits per heavy atom. The molecule has 6 aromatic carbocycles. The van der Waals surface area contributed by atoms with Gasteiger partial charge in [-0.3, -0.25) is 33.8 Å². The van der Waals surface area contributed by atoms with Crippen molar-refractivity contribution in [3.8, 4) is 69.0 Å². The average Bonchev–Trinajstić information content (AvgIpc) is 1.63. The standard InChI is InChI=1S/C19H25NO5.C17H21NO5.C16H21NO4.C16H15NO4.C14H19BO4.C8H8ClNO2.C8H7ClO2.C3H5ClO.Na.H2O/c1-3-18(21)20-9-5-6-14(19(22)23-4-2)15(20)10-13-7-8-16-17(11-13)25-12-24-16;1-2-16(19)18-7-3-4-12(17(20)21)13(18)8-11-5-6-14-15(9-11)23-10-22-14;2*1-2-19-16(18)12-4-3-7-17-13(12)8-11-5-6-14-15(9-11)21-10-20-14;1-13(2)14(3,4)19-15(18-13)8-10-5-6-11-12(7-10)17-9-16-11;1-2-12-8(11)6-4-3-5-10-7(6)9;9-4-6-1-2-7-8(3-6)11-5-10-7;1-2-3(4)5;;/h7-8,11,14-15H,3-6,9-10,12H2,1-2H3;5-6,9,12-13H,2-4,7-8,10H2,1H3,(H,20,21);5-6,9,12-13,17H,2-4,7-8,10H2,1H3;3-7,9H,2,8,10H2,1H3;5-7H,8-9H2,1-4H3;3-5H,2H2,1H3;1-3H,4-5H2;2H2,1H3;;1H2/q;;;;;;;;+1;/p-1. The number of alkyl halides is 1. The number of ether oxygens (including phenoxy) is 16. The predicted octanol–water partition coefficient (Wildman–Crippen LogP) is 13.7. The van der Waals surface area contributed by atoms with E-state index in [-0.39, 0.29) is 151 Å². The first-order valence-electron chi connectivity index (χ1n) is 46.3. The number of hydrogen-bond donors (Lipinski definition) is 2. The normalized spacial score (nSPS) is 18.5. The molecule has 8 aromatic rings. The number of halogens is 3. The van der Waals surface area contributed by atoms with Crippen LogP contribution in [0.2, 0.25) is 5.15 Å². The zero-order valence-corrected chi connectivity index (χ0v) is 84.9. The second-order valence-electron chi connectivity index (χ2n) is 33.6. The Morgan fingerprint density at radius 1 is 0.446 bits per heavy atom. The molecule has 139 heavy (non-hydrogen) atoms. The number of esters is 4. The number of hydrogen-bond acceptors (Lipinski definition) is 30. The van der Waals surface area contributed by atoms with Gasteiger partial charge < -0.3 is 111 Å². The summed E-state index contributed by atoms with van der Waals surface area (Å²) in [5, 5.41) is 12.9. The van der Waals surface area contributed by atoms with Gasteiger partial charge in [-0.1, -0.05) is 68.8 Å². The minimum atomic E-state index is -0.829. The first-order valence-corrected chi connectivity index (χ1v) is 47.6. The smallest absolute Gasteiger partial charge is 0.870 e. The number of nitrogens with one attached hydrogen (secondary N) is 1. The van der Waals surface area contributed by atoms with E-state index in [2.05, 4.69) is 43.0 Å². The Kier molecular flexibility index (Phi) is 44.3. The van der Waals surface area contributed by atoms with E-state index in [1.165, 1.54) is 6.20 Å². The van der Waals surface area contributed by atoms with Gasteiger partial charge in [-0.05, 0) is 262 Å². The fourth-order valence-corrected chi connectivity index (χ4v) is 16.8. The van der Waals surface area contributed by atoms with Crippen molar-refractivity contribution in [1.29, 1.82) is 0 Å². The molecule has 10 aliphatic rings. The predicted molar refractivity (Wildman–Crippen MR) is 510 cm³/mol. The van der Waals surface area contributed by atoms with E-state index in [4.69, 9.17) is 120 Å². The van der Waals surface area contributed by atoms with Crippen LogP contribution in [0.5, 0.6) is 69.0 Å². The SMILES string of the molecule is CC1(C)OB(Cc2ccc3c(c2)OCO3)OC1(C)C.CCC(=O)Cl.CCC(=O)N1CCCC(C(=O)O)C1Cc1ccc2c(c1)OCO2.CCOC(=O)C1CCCN(C(=O)CC)C1Cc1ccc2c(c1)OCO2.CCOC(=O)C1CCCNC1Cc1ccc2c(c1)OCO2.CCOC(=O)c1cccnc1Cc1ccc2c(c1)OCO2.CCOC(=O)c1cccnc1Cl.ClCc1ccc2c(c1)OCO2.[Na+].[OH-]. The molecule has 10 aliphatic heterocycles. The van der Waals surface area contributed by atoms with E-state index < -0.39 is 17.9 Å². The number of likely N-dealkylation sites (tertiary alicyclic amines) is 2. The summed E-state index contributed by atoms with van der Waals surface area (Å²) in [7, 11) is -0.217. The van der Waals surface area contributed by atoms with Gasteiger partial charge >= 0.3 is 66.5 Å². The van der Waals surface area contributed by atoms with Gasteiger partial charge in [-0.15, -0.1) is 11.6 Å². The van der Waals surface area contributed by atoms with E-state index in [0.29, 0.717) is 139 Å². The van der Waals surface area contributed by atoms with Crippen LogP contribution >= 0.6 is 34.8 Å². The topological polar surface area (TPSA) is 397 Å². The summed E-state index contributed by atoms with van der Waals surface area (Å²) in [6, 6.07) is 41.1. The number of fused-ring (bicyclic) bond motifs is 6. The molecule has 18 rings (SSSR count). The Hall–Kier alpha value is -11.0. The summed E-state index contributed by atoms with van der Waals surface area (Å²) in [5.41, 5.74) is 7.24. The summed E-state index contributed by atoms with van der Waals surface area (Å²) in [6.45, 7) is 26.1. The second kappa shape index (κ2) is 55.2. The van der Waals surface area contributed by atoms with Crippen molar-refractivity contribution in [2.24, 2.45) is 17.8 Å². The largest absolute Gasteiger partial charge is 1.00 e. The Balaban J connectivity index is 0.000000182. The first-order chi connectivity index (χ1) is 66.1. The fraction of sp³-hybridized carbons (Fsp3) is 0.465. The number of rotatable bonds is 23. The number of nitrogens with zero attached hydrogens (tertiary/aromatic N) is 4. The molecule has 0 radical (unpaired) electrons. The number of carboxylic acid groups (broad SMARTS) is 1. The molecule has 0 spiro atoms. The number of piperidine rings is 3. The zero-order valence-electron chi connectivity index (χ0n) is 80.6. The van der Waals surface area contributed by atoms with Crippen molar-refractivity contribution in [2.75, 3.05) is 86.8 Å². The molecule has 12 heterocycles. The van der Waals surface area contributed by atoms with Crippen LogP contribution in [-0.2, 0) is 94.9 Å². The summed E-state index contributed by atoms with van der Waals surface area (Å²) in [5.74, 6) is 6.91. The van der Waals surface area contributed by atoms with Crippen LogP contribution in [0.1, 0.15) is 194 Å². The first kappa shape index (κ1) is 112. The molecule has 0 bridgehead atoms. The molecule has 0 saturated carbocycles. The van der Waals surface area contributed by atoms with E-state index in [0.717, 1.165) is 136 Å². The molecule has 33 nitrogen and oxygen atoms in total. The van der Waals surface area contributed by atoms with Crippen LogP contribution in [0, 0.1) is 17.8 Å². The van der Waals surface area contributed by atoms with E-state index >= 15 is 0 Å². The average molecular weight is 1990 g/mol. The minimum absolute atomic E-state index is 0. The number of aliphatic carboxylic acids is 1. The molecule has 2 amide bonds. The van der Waals surface area contributed by atoms with Gasteiger partial charge in [0.2, 0.25) is 57.8 Å². The van der Waals surface area contributed by atoms with Crippen LogP contribution in [0.4, 0.5) is 0 Å². The molecule has 2 aromatic heterocycles. The summed E-state index contributed by atoms with van der Waals surface area (Å²) in [4.78, 5) is 105. The van der Waals surface area contributed by atoms with E-state index in [1.807, 2.05) is 142 Å². The second-order valence-corrected chi connectivity index (χ2v) is 34.6. The third kappa shape index (κ3) is 31.5. The molecule has 3 N–H and O–H groups in total. The van der Waals surface area contributed by atoms with Crippen molar-refractivity contribution in [3.63, 3.8) is 0 Å². The van der Waals surface area contributed by atoms with Gasteiger partial charge in [0.05, 0.1) is 72.2 Å². The van der Waals surface area contributed by atoms with Crippen molar-refractivity contribution < 1.29 is 164 Å². The molecule has 6 unspecified atom stereocenters. The molecule has 38 heteroatoms. The number of carbonyl (C=O) groups is 8. The van der Waals surface area contributed by atoms with E-state index in [9.17, 15) is 43.5 Å². The van der Waals surface area contributed by atoms with Crippen molar-refractivity contribution >= 4 is 88.8 Å². The molecular formula is C101H122BCl3N5NaO28. The summed E-state index contributed by atoms with van der Waals surface area (Å²) < 4.78 is 96.1. The monoisotopic (exact) mass is 1990 g/mol. The number of carbonyl (C=O) groups excluding carboxylic acids is 7. The molecule has 4 saturated heterocycles. The Morgan fingerprint density at radius 2 is 0.799 bits per heavy atom. The number of aromatic nitrogens is 2. The van der Waals surface area contributed by atoms with Crippen molar-refractivity contribution in [1.82, 2.24) is 25.1 Å². The number of benzene rings is 6. The number of pyridine rings is 2.